The van der Waals surface area contributed by atoms with E-state index in [1.165, 1.54) is 0 Å². The van der Waals surface area contributed by atoms with Crippen molar-refractivity contribution in [3.63, 3.8) is 0 Å². The van der Waals surface area contributed by atoms with Crippen LogP contribution in [-0.2, 0) is 29.0 Å². The van der Waals surface area contributed by atoms with Gasteiger partial charge in [-0.15, -0.1) is 0 Å². The van der Waals surface area contributed by atoms with Crippen LogP contribution in [0.3, 0.4) is 0 Å². The molecule has 1 fully saturated rings. The number of hydrogen-bond acceptors (Lipinski definition) is 4. The number of aromatic nitrogens is 2. The molecule has 0 saturated carbocycles. The van der Waals surface area contributed by atoms with E-state index < -0.39 is 12.0 Å². The van der Waals surface area contributed by atoms with Crippen LogP contribution >= 0.6 is 11.6 Å². The van der Waals surface area contributed by atoms with Gasteiger partial charge in [0, 0.05) is 19.6 Å². The van der Waals surface area contributed by atoms with E-state index in [0.29, 0.717) is 24.7 Å². The van der Waals surface area contributed by atoms with E-state index >= 15 is 0 Å². The third-order valence-corrected chi connectivity index (χ3v) is 4.01. The molecule has 0 spiro atoms. The van der Waals surface area contributed by atoms with Gasteiger partial charge in [0.1, 0.15) is 6.04 Å². The average Bonchev–Trinajstić information content (AvgIpc) is 2.75. The molecule has 20 heavy (non-hydrogen) atoms. The fraction of sp³-hybridized carbons (Fsp3) is 0.692. The summed E-state index contributed by atoms with van der Waals surface area (Å²) in [6, 6.07) is -0.620. The fourth-order valence-electron chi connectivity index (χ4n) is 2.42. The number of aryl methyl sites for hydroxylation is 2. The number of nitrogens with zero attached hydrogens (tertiary/aromatic N) is 3. The Labute approximate surface area is 123 Å². The molecule has 2 rings (SSSR count). The van der Waals surface area contributed by atoms with Crippen LogP contribution < -0.4 is 0 Å². The van der Waals surface area contributed by atoms with Crippen LogP contribution in [-0.4, -0.2) is 51.6 Å². The second kappa shape index (κ2) is 6.56. The summed E-state index contributed by atoms with van der Waals surface area (Å²) in [5.74, 6) is -0.862. The Morgan fingerprint density at radius 2 is 2.30 bits per heavy atom. The largest absolute Gasteiger partial charge is 0.480 e. The first-order valence-corrected chi connectivity index (χ1v) is 7.24. The molecule has 1 aliphatic heterocycles. The average molecular weight is 302 g/mol. The number of aliphatic carboxylic acids is 1. The summed E-state index contributed by atoms with van der Waals surface area (Å²) in [4.78, 5) is 13.2. The van der Waals surface area contributed by atoms with E-state index in [1.807, 2.05) is 23.4 Å². The number of carboxylic acids is 1. The minimum absolute atomic E-state index is 0.216. The lowest BCUT2D eigenvalue weighted by Gasteiger charge is -2.32. The molecule has 0 aliphatic carbocycles. The van der Waals surface area contributed by atoms with E-state index in [0.717, 1.165) is 24.4 Å². The summed E-state index contributed by atoms with van der Waals surface area (Å²) >= 11 is 6.37. The molecule has 112 valence electrons. The molecule has 0 bridgehead atoms. The van der Waals surface area contributed by atoms with Gasteiger partial charge in [0.05, 0.1) is 29.6 Å². The highest BCUT2D eigenvalue weighted by atomic mass is 35.5. The molecule has 0 radical (unpaired) electrons. The molecule has 0 aromatic carbocycles. The maximum Gasteiger partial charge on any atom is 0.323 e. The highest BCUT2D eigenvalue weighted by Gasteiger charge is 2.30. The lowest BCUT2D eigenvalue weighted by Crippen LogP contribution is -2.49. The Hall–Kier alpha value is -1.11. The lowest BCUT2D eigenvalue weighted by molar-refractivity contribution is -0.150. The van der Waals surface area contributed by atoms with Crippen molar-refractivity contribution in [2.75, 3.05) is 19.8 Å². The van der Waals surface area contributed by atoms with Gasteiger partial charge in [-0.1, -0.05) is 18.5 Å². The van der Waals surface area contributed by atoms with Crippen molar-refractivity contribution in [2.45, 2.75) is 39.4 Å². The number of carboxylic acid groups (broad SMARTS) is 1. The van der Waals surface area contributed by atoms with Crippen LogP contribution in [0, 0.1) is 0 Å². The third-order valence-electron chi connectivity index (χ3n) is 3.57. The zero-order chi connectivity index (χ0) is 14.7. The quantitative estimate of drug-likeness (QED) is 0.890. The monoisotopic (exact) mass is 301 g/mol. The Balaban J connectivity index is 2.23. The maximum absolute atomic E-state index is 11.3. The van der Waals surface area contributed by atoms with Crippen LogP contribution in [0.5, 0.6) is 0 Å². The second-order valence-corrected chi connectivity index (χ2v) is 5.15. The van der Waals surface area contributed by atoms with Crippen LogP contribution in [0.4, 0.5) is 0 Å². The highest BCUT2D eigenvalue weighted by molar-refractivity contribution is 6.31. The Morgan fingerprint density at radius 1 is 1.55 bits per heavy atom. The standard InChI is InChI=1S/C13H20ClN3O3/c1-3-9-12(14)10(17(4-2)15-9)7-16-5-6-20-8-11(16)13(18)19/h11H,3-8H2,1-2H3,(H,18,19). The SMILES string of the molecule is CCc1nn(CC)c(CN2CCOCC2C(=O)O)c1Cl. The van der Waals surface area contributed by atoms with Gasteiger partial charge in [-0.25, -0.2) is 0 Å². The van der Waals surface area contributed by atoms with Crippen LogP contribution in [0.1, 0.15) is 25.2 Å². The Kier molecular flexibility index (Phi) is 5.01. The number of hydrogen-bond donors (Lipinski definition) is 1. The molecule has 1 saturated heterocycles. The molecule has 6 nitrogen and oxygen atoms in total. The topological polar surface area (TPSA) is 67.6 Å². The van der Waals surface area contributed by atoms with Gasteiger partial charge in [0.2, 0.25) is 0 Å². The van der Waals surface area contributed by atoms with Crippen molar-refractivity contribution in [3.8, 4) is 0 Å². The third kappa shape index (κ3) is 2.97. The molecule has 1 aliphatic rings. The summed E-state index contributed by atoms with van der Waals surface area (Å²) in [7, 11) is 0. The molecule has 1 aromatic rings. The molecule has 1 aromatic heterocycles. The minimum Gasteiger partial charge on any atom is -0.480 e. The normalized spacial score (nSPS) is 20.2. The number of ether oxygens (including phenoxy) is 1. The number of rotatable bonds is 5. The predicted octanol–water partition coefficient (Wildman–Crippen LogP) is 1.40. The van der Waals surface area contributed by atoms with E-state index in [4.69, 9.17) is 16.3 Å². The Morgan fingerprint density at radius 3 is 2.90 bits per heavy atom. The van der Waals surface area contributed by atoms with Crippen molar-refractivity contribution in [2.24, 2.45) is 0 Å². The van der Waals surface area contributed by atoms with Gasteiger partial charge < -0.3 is 9.84 Å². The first-order valence-electron chi connectivity index (χ1n) is 6.87. The summed E-state index contributed by atoms with van der Waals surface area (Å²) in [5.41, 5.74) is 1.75. The first kappa shape index (κ1) is 15.3. The molecule has 7 heteroatoms. The number of halogens is 1. The van der Waals surface area contributed by atoms with Gasteiger partial charge >= 0.3 is 5.97 Å². The van der Waals surface area contributed by atoms with Gasteiger partial charge in [0.25, 0.3) is 0 Å². The highest BCUT2D eigenvalue weighted by Crippen LogP contribution is 2.24. The zero-order valence-corrected chi connectivity index (χ0v) is 12.6. The van der Waals surface area contributed by atoms with Crippen molar-refractivity contribution < 1.29 is 14.6 Å². The van der Waals surface area contributed by atoms with Gasteiger partial charge in [-0.3, -0.25) is 14.4 Å². The van der Waals surface area contributed by atoms with E-state index in [-0.39, 0.29) is 6.61 Å². The van der Waals surface area contributed by atoms with E-state index in [9.17, 15) is 9.90 Å². The van der Waals surface area contributed by atoms with Crippen molar-refractivity contribution in [3.05, 3.63) is 16.4 Å². The summed E-state index contributed by atoms with van der Waals surface area (Å²) < 4.78 is 7.10. The van der Waals surface area contributed by atoms with Crippen LogP contribution in [0.2, 0.25) is 5.02 Å². The van der Waals surface area contributed by atoms with Crippen LogP contribution in [0.15, 0.2) is 0 Å². The Bertz CT molecular complexity index is 489. The van der Waals surface area contributed by atoms with Gasteiger partial charge in [0.15, 0.2) is 0 Å². The van der Waals surface area contributed by atoms with Crippen LogP contribution in [0.25, 0.3) is 0 Å². The fourth-order valence-corrected chi connectivity index (χ4v) is 2.74. The summed E-state index contributed by atoms with van der Waals surface area (Å²) in [5, 5.41) is 14.4. The van der Waals surface area contributed by atoms with Crippen molar-refractivity contribution >= 4 is 17.6 Å². The van der Waals surface area contributed by atoms with Gasteiger partial charge in [-0.05, 0) is 13.3 Å². The van der Waals surface area contributed by atoms with Crippen molar-refractivity contribution in [1.29, 1.82) is 0 Å². The zero-order valence-electron chi connectivity index (χ0n) is 11.8. The molecule has 0 amide bonds. The maximum atomic E-state index is 11.3. The molecule has 2 heterocycles. The van der Waals surface area contributed by atoms with Gasteiger partial charge in [-0.2, -0.15) is 5.10 Å². The second-order valence-electron chi connectivity index (χ2n) is 4.78. The number of morpholine rings is 1. The summed E-state index contributed by atoms with van der Waals surface area (Å²) in [6.45, 7) is 6.56. The predicted molar refractivity (Wildman–Crippen MR) is 74.9 cm³/mol. The van der Waals surface area contributed by atoms with E-state index in [2.05, 4.69) is 5.10 Å². The van der Waals surface area contributed by atoms with E-state index in [1.54, 1.807) is 0 Å². The summed E-state index contributed by atoms with van der Waals surface area (Å²) in [6.07, 6.45) is 0.768. The molecular weight excluding hydrogens is 282 g/mol. The molecule has 1 atom stereocenters. The smallest absolute Gasteiger partial charge is 0.323 e. The number of carbonyl (C=O) groups is 1. The lowest BCUT2D eigenvalue weighted by atomic mass is 10.2. The first-order chi connectivity index (χ1) is 9.58. The molecule has 1 N–H and O–H groups in total. The molecule has 1 unspecified atom stereocenters. The minimum atomic E-state index is -0.862. The van der Waals surface area contributed by atoms with Crippen molar-refractivity contribution in [1.82, 2.24) is 14.7 Å². The molecular formula is C13H20ClN3O3.